The first-order valence-corrected chi connectivity index (χ1v) is 8.67. The fourth-order valence-electron chi connectivity index (χ4n) is 1.36. The van der Waals surface area contributed by atoms with Crippen molar-refractivity contribution in [1.82, 2.24) is 10.2 Å². The van der Waals surface area contributed by atoms with Gasteiger partial charge in [0, 0.05) is 10.2 Å². The molecule has 1 heterocycles. The minimum atomic E-state index is -4.27. The SMILES string of the molecule is FC(F)(F)CNc1nnc(SCCOc2cccc(Br)c2)s1. The van der Waals surface area contributed by atoms with Gasteiger partial charge in [0.05, 0.1) is 6.61 Å². The Bertz CT molecular complexity index is 609. The van der Waals surface area contributed by atoms with Crippen LogP contribution in [0.5, 0.6) is 5.75 Å². The summed E-state index contributed by atoms with van der Waals surface area (Å²) in [5.41, 5.74) is 0. The second-order valence-electron chi connectivity index (χ2n) is 4.00. The van der Waals surface area contributed by atoms with Crippen LogP contribution in [0, 0.1) is 0 Å². The van der Waals surface area contributed by atoms with Gasteiger partial charge in [-0.2, -0.15) is 13.2 Å². The molecule has 0 spiro atoms. The Kier molecular flexibility index (Phi) is 6.33. The zero-order valence-corrected chi connectivity index (χ0v) is 14.3. The summed E-state index contributed by atoms with van der Waals surface area (Å²) < 4.78 is 43.2. The Morgan fingerprint density at radius 3 is 2.86 bits per heavy atom. The number of nitrogens with zero attached hydrogens (tertiary/aromatic N) is 2. The summed E-state index contributed by atoms with van der Waals surface area (Å²) in [6.45, 7) is -0.649. The molecule has 0 bridgehead atoms. The van der Waals surface area contributed by atoms with Crippen LogP contribution in [0.4, 0.5) is 18.3 Å². The van der Waals surface area contributed by atoms with Gasteiger partial charge in [-0.15, -0.1) is 10.2 Å². The number of ether oxygens (including phenoxy) is 1. The van der Waals surface area contributed by atoms with Crippen LogP contribution in [0.1, 0.15) is 0 Å². The minimum absolute atomic E-state index is 0.160. The summed E-state index contributed by atoms with van der Waals surface area (Å²) in [6.07, 6.45) is -4.27. The van der Waals surface area contributed by atoms with Gasteiger partial charge >= 0.3 is 6.18 Å². The van der Waals surface area contributed by atoms with Gasteiger partial charge in [-0.1, -0.05) is 45.1 Å². The molecule has 0 radical (unpaired) electrons. The highest BCUT2D eigenvalue weighted by molar-refractivity contribution is 9.10. The van der Waals surface area contributed by atoms with E-state index in [1.165, 1.54) is 11.8 Å². The van der Waals surface area contributed by atoms with Crippen molar-refractivity contribution in [3.05, 3.63) is 28.7 Å². The minimum Gasteiger partial charge on any atom is -0.493 e. The molecule has 0 saturated carbocycles. The molecule has 2 rings (SSSR count). The lowest BCUT2D eigenvalue weighted by molar-refractivity contribution is -0.115. The lowest BCUT2D eigenvalue weighted by Gasteiger charge is -2.05. The van der Waals surface area contributed by atoms with Crippen molar-refractivity contribution in [3.8, 4) is 5.75 Å². The maximum atomic E-state index is 12.1. The summed E-state index contributed by atoms with van der Waals surface area (Å²) in [6, 6.07) is 7.47. The zero-order chi connectivity index (χ0) is 16.0. The molecule has 0 atom stereocenters. The van der Waals surface area contributed by atoms with Gasteiger partial charge in [0.25, 0.3) is 0 Å². The Labute approximate surface area is 141 Å². The van der Waals surface area contributed by atoms with Gasteiger partial charge in [-0.25, -0.2) is 0 Å². The van der Waals surface area contributed by atoms with Crippen molar-refractivity contribution < 1.29 is 17.9 Å². The molecule has 120 valence electrons. The number of anilines is 1. The van der Waals surface area contributed by atoms with Crippen molar-refractivity contribution in [2.24, 2.45) is 0 Å². The summed E-state index contributed by atoms with van der Waals surface area (Å²) in [4.78, 5) is 0. The van der Waals surface area contributed by atoms with Crippen LogP contribution < -0.4 is 10.1 Å². The van der Waals surface area contributed by atoms with E-state index in [9.17, 15) is 13.2 Å². The fourth-order valence-corrected chi connectivity index (χ4v) is 3.37. The number of benzene rings is 1. The maximum absolute atomic E-state index is 12.1. The van der Waals surface area contributed by atoms with Crippen LogP contribution in [0.15, 0.2) is 33.1 Å². The van der Waals surface area contributed by atoms with Gasteiger partial charge in [0.15, 0.2) is 4.34 Å². The second-order valence-corrected chi connectivity index (χ2v) is 7.23. The normalized spacial score (nSPS) is 11.5. The van der Waals surface area contributed by atoms with E-state index >= 15 is 0 Å². The summed E-state index contributed by atoms with van der Waals surface area (Å²) in [7, 11) is 0. The molecule has 22 heavy (non-hydrogen) atoms. The van der Waals surface area contributed by atoms with E-state index in [1.807, 2.05) is 24.3 Å². The van der Waals surface area contributed by atoms with E-state index in [0.29, 0.717) is 16.7 Å². The molecule has 2 aromatic rings. The predicted molar refractivity (Wildman–Crippen MR) is 84.8 cm³/mol. The molecule has 1 aromatic heterocycles. The molecule has 0 unspecified atom stereocenters. The number of rotatable bonds is 7. The monoisotopic (exact) mass is 413 g/mol. The van der Waals surface area contributed by atoms with Gasteiger partial charge < -0.3 is 10.1 Å². The average molecular weight is 414 g/mol. The Hall–Kier alpha value is -1.000. The van der Waals surface area contributed by atoms with E-state index in [4.69, 9.17) is 4.74 Å². The highest BCUT2D eigenvalue weighted by Gasteiger charge is 2.27. The van der Waals surface area contributed by atoms with Gasteiger partial charge in [0.2, 0.25) is 5.13 Å². The third-order valence-corrected chi connectivity index (χ3v) is 4.69. The molecule has 0 aliphatic rings. The standard InChI is InChI=1S/C12H11BrF3N3OS2/c13-8-2-1-3-9(6-8)20-4-5-21-11-19-18-10(22-11)17-7-12(14,15)16/h1-3,6H,4-5,7H2,(H,17,18). The number of halogens is 4. The Morgan fingerprint density at radius 2 is 2.14 bits per heavy atom. The third-order valence-electron chi connectivity index (χ3n) is 2.22. The highest BCUT2D eigenvalue weighted by atomic mass is 79.9. The summed E-state index contributed by atoms with van der Waals surface area (Å²) in [5.74, 6) is 1.38. The molecule has 0 saturated heterocycles. The number of aromatic nitrogens is 2. The molecular weight excluding hydrogens is 403 g/mol. The smallest absolute Gasteiger partial charge is 0.405 e. The van der Waals surface area contributed by atoms with Gasteiger partial charge in [0.1, 0.15) is 12.3 Å². The Balaban J connectivity index is 1.70. The number of thioether (sulfide) groups is 1. The molecular formula is C12H11BrF3N3OS2. The summed E-state index contributed by atoms with van der Waals surface area (Å²) in [5, 5.41) is 9.83. The molecule has 4 nitrogen and oxygen atoms in total. The van der Waals surface area contributed by atoms with E-state index in [0.717, 1.165) is 21.6 Å². The average Bonchev–Trinajstić information content (AvgIpc) is 2.89. The molecule has 10 heteroatoms. The first-order valence-electron chi connectivity index (χ1n) is 6.08. The van der Waals surface area contributed by atoms with E-state index in [-0.39, 0.29) is 5.13 Å². The van der Waals surface area contributed by atoms with Crippen molar-refractivity contribution >= 4 is 44.2 Å². The van der Waals surface area contributed by atoms with Crippen LogP contribution in [0.25, 0.3) is 0 Å². The molecule has 0 fully saturated rings. The lowest BCUT2D eigenvalue weighted by Crippen LogP contribution is -2.21. The second kappa shape index (κ2) is 8.02. The van der Waals surface area contributed by atoms with Crippen molar-refractivity contribution in [3.63, 3.8) is 0 Å². The van der Waals surface area contributed by atoms with Crippen LogP contribution in [0.3, 0.4) is 0 Å². The topological polar surface area (TPSA) is 47.0 Å². The third kappa shape index (κ3) is 6.41. The van der Waals surface area contributed by atoms with Crippen LogP contribution >= 0.6 is 39.0 Å². The molecule has 0 aliphatic heterocycles. The van der Waals surface area contributed by atoms with Crippen LogP contribution in [-0.2, 0) is 0 Å². The van der Waals surface area contributed by atoms with Crippen LogP contribution in [0.2, 0.25) is 0 Å². The van der Waals surface area contributed by atoms with E-state index < -0.39 is 12.7 Å². The first-order chi connectivity index (χ1) is 10.4. The predicted octanol–water partition coefficient (Wildman–Crippen LogP) is 4.45. The van der Waals surface area contributed by atoms with Crippen molar-refractivity contribution in [2.45, 2.75) is 10.5 Å². The van der Waals surface area contributed by atoms with Gasteiger partial charge in [-0.3, -0.25) is 0 Å². The van der Waals surface area contributed by atoms with Crippen molar-refractivity contribution in [2.75, 3.05) is 24.2 Å². The molecule has 1 aromatic carbocycles. The number of alkyl halides is 3. The van der Waals surface area contributed by atoms with Crippen LogP contribution in [-0.4, -0.2) is 35.3 Å². The lowest BCUT2D eigenvalue weighted by atomic mass is 10.3. The number of hydrogen-bond donors (Lipinski definition) is 1. The number of hydrogen-bond acceptors (Lipinski definition) is 6. The van der Waals surface area contributed by atoms with E-state index in [2.05, 4.69) is 31.4 Å². The van der Waals surface area contributed by atoms with Gasteiger partial charge in [-0.05, 0) is 18.2 Å². The Morgan fingerprint density at radius 1 is 1.32 bits per heavy atom. The summed E-state index contributed by atoms with van der Waals surface area (Å²) >= 11 is 5.82. The molecule has 0 aliphatic carbocycles. The molecule has 1 N–H and O–H groups in total. The highest BCUT2D eigenvalue weighted by Crippen LogP contribution is 2.26. The van der Waals surface area contributed by atoms with Crippen molar-refractivity contribution in [1.29, 1.82) is 0 Å². The largest absolute Gasteiger partial charge is 0.493 e. The molecule has 0 amide bonds. The fraction of sp³-hybridized carbons (Fsp3) is 0.333. The quantitative estimate of drug-likeness (QED) is 0.536. The van der Waals surface area contributed by atoms with E-state index in [1.54, 1.807) is 0 Å². The first kappa shape index (κ1) is 17.4. The maximum Gasteiger partial charge on any atom is 0.405 e. The number of nitrogens with one attached hydrogen (secondary N) is 1. The zero-order valence-electron chi connectivity index (χ0n) is 11.1.